The first-order valence-electron chi connectivity index (χ1n) is 4.08. The standard InChI is InChI=1S/C6H11NO6S2/c8-3-5(4-12-15(9,10)11)13-6-7-1-2-14-6/h5,8H,1-4H2,(H,9,10,11). The number of thioether (sulfide) groups is 1. The molecule has 0 spiro atoms. The maximum Gasteiger partial charge on any atom is 0.397 e. The fraction of sp³-hybridized carbons (Fsp3) is 0.833. The van der Waals surface area contributed by atoms with E-state index in [0.717, 1.165) is 5.75 Å². The van der Waals surface area contributed by atoms with E-state index >= 15 is 0 Å². The van der Waals surface area contributed by atoms with Crippen molar-refractivity contribution in [2.75, 3.05) is 25.5 Å². The summed E-state index contributed by atoms with van der Waals surface area (Å²) in [5.41, 5.74) is 0. The van der Waals surface area contributed by atoms with Gasteiger partial charge >= 0.3 is 10.4 Å². The van der Waals surface area contributed by atoms with Crippen LogP contribution in [0.25, 0.3) is 0 Å². The summed E-state index contributed by atoms with van der Waals surface area (Å²) in [7, 11) is -4.50. The summed E-state index contributed by atoms with van der Waals surface area (Å²) < 4.78 is 38.0. The minimum absolute atomic E-state index is 0.396. The minimum Gasteiger partial charge on any atom is -0.465 e. The third kappa shape index (κ3) is 5.33. The Morgan fingerprint density at radius 2 is 2.33 bits per heavy atom. The maximum atomic E-state index is 10.2. The van der Waals surface area contributed by atoms with Crippen molar-refractivity contribution in [1.29, 1.82) is 0 Å². The van der Waals surface area contributed by atoms with Gasteiger partial charge in [-0.15, -0.1) is 0 Å². The zero-order valence-corrected chi connectivity index (χ0v) is 9.33. The van der Waals surface area contributed by atoms with Gasteiger partial charge in [0.15, 0.2) is 0 Å². The van der Waals surface area contributed by atoms with Gasteiger partial charge in [0, 0.05) is 5.75 Å². The van der Waals surface area contributed by atoms with Crippen LogP contribution < -0.4 is 0 Å². The number of aliphatic hydroxyl groups excluding tert-OH is 1. The Kier molecular flexibility index (Phi) is 4.80. The highest BCUT2D eigenvalue weighted by Gasteiger charge is 2.18. The Labute approximate surface area is 91.4 Å². The van der Waals surface area contributed by atoms with Crippen LogP contribution >= 0.6 is 11.8 Å². The van der Waals surface area contributed by atoms with E-state index in [4.69, 9.17) is 14.4 Å². The molecule has 0 aliphatic carbocycles. The molecule has 0 aromatic carbocycles. The Morgan fingerprint density at radius 3 is 2.80 bits per heavy atom. The van der Waals surface area contributed by atoms with Gasteiger partial charge in [-0.05, 0) is 0 Å². The van der Waals surface area contributed by atoms with Crippen molar-refractivity contribution >= 4 is 27.4 Å². The van der Waals surface area contributed by atoms with Crippen LogP contribution in [0.2, 0.25) is 0 Å². The highest BCUT2D eigenvalue weighted by molar-refractivity contribution is 8.13. The number of aliphatic imine (C=N–C) groups is 1. The molecule has 1 atom stereocenters. The fourth-order valence-electron chi connectivity index (χ4n) is 0.815. The predicted octanol–water partition coefficient (Wildman–Crippen LogP) is -0.714. The van der Waals surface area contributed by atoms with E-state index in [2.05, 4.69) is 9.18 Å². The van der Waals surface area contributed by atoms with Crippen LogP contribution in [0.4, 0.5) is 0 Å². The molecule has 9 heteroatoms. The Bertz CT molecular complexity index is 327. The smallest absolute Gasteiger partial charge is 0.397 e. The van der Waals surface area contributed by atoms with E-state index < -0.39 is 29.7 Å². The molecule has 0 aromatic rings. The van der Waals surface area contributed by atoms with Gasteiger partial charge in [0.2, 0.25) is 5.23 Å². The first-order valence-corrected chi connectivity index (χ1v) is 6.43. The number of rotatable bonds is 5. The van der Waals surface area contributed by atoms with Gasteiger partial charge in [-0.2, -0.15) is 8.42 Å². The van der Waals surface area contributed by atoms with Crippen LogP contribution in [0.15, 0.2) is 4.99 Å². The molecular formula is C6H11NO6S2. The molecule has 0 saturated carbocycles. The van der Waals surface area contributed by atoms with Crippen molar-refractivity contribution in [3.8, 4) is 0 Å². The quantitative estimate of drug-likeness (QED) is 0.626. The van der Waals surface area contributed by atoms with Crippen molar-refractivity contribution in [1.82, 2.24) is 0 Å². The molecule has 1 aliphatic heterocycles. The summed E-state index contributed by atoms with van der Waals surface area (Å²) in [6.07, 6.45) is -0.851. The molecule has 0 amide bonds. The van der Waals surface area contributed by atoms with Crippen molar-refractivity contribution in [3.63, 3.8) is 0 Å². The van der Waals surface area contributed by atoms with Gasteiger partial charge in [0.1, 0.15) is 12.7 Å². The molecular weight excluding hydrogens is 246 g/mol. The first-order chi connectivity index (χ1) is 7.01. The van der Waals surface area contributed by atoms with Crippen LogP contribution in [-0.4, -0.2) is 54.9 Å². The second-order valence-electron chi connectivity index (χ2n) is 2.63. The van der Waals surface area contributed by atoms with Crippen LogP contribution in [-0.2, 0) is 19.3 Å². The molecule has 0 saturated heterocycles. The third-order valence-corrected chi connectivity index (χ3v) is 2.72. The SMILES string of the molecule is O=S(=O)(O)OCC(CO)OC1=NCCS1. The zero-order valence-electron chi connectivity index (χ0n) is 7.70. The first kappa shape index (κ1) is 12.7. The molecule has 0 radical (unpaired) electrons. The van der Waals surface area contributed by atoms with Gasteiger partial charge in [-0.1, -0.05) is 11.8 Å². The molecule has 88 valence electrons. The Balaban J connectivity index is 2.35. The number of ether oxygens (including phenoxy) is 1. The van der Waals surface area contributed by atoms with Crippen molar-refractivity contribution in [2.24, 2.45) is 4.99 Å². The van der Waals surface area contributed by atoms with Gasteiger partial charge in [-0.25, -0.2) is 9.18 Å². The summed E-state index contributed by atoms with van der Waals surface area (Å²) in [6.45, 7) is -0.235. The Morgan fingerprint density at radius 1 is 1.60 bits per heavy atom. The second-order valence-corrected chi connectivity index (χ2v) is 4.77. The van der Waals surface area contributed by atoms with Crippen LogP contribution in [0.5, 0.6) is 0 Å². The van der Waals surface area contributed by atoms with Gasteiger partial charge in [0.05, 0.1) is 13.2 Å². The molecule has 0 aromatic heterocycles. The normalized spacial score (nSPS) is 18.7. The third-order valence-electron chi connectivity index (χ3n) is 1.43. The predicted molar refractivity (Wildman–Crippen MR) is 54.2 cm³/mol. The van der Waals surface area contributed by atoms with E-state index in [1.54, 1.807) is 0 Å². The molecule has 1 aliphatic rings. The molecule has 2 N–H and O–H groups in total. The van der Waals surface area contributed by atoms with Crippen molar-refractivity contribution in [3.05, 3.63) is 0 Å². The molecule has 1 unspecified atom stereocenters. The lowest BCUT2D eigenvalue weighted by atomic mass is 10.4. The Hall–Kier alpha value is -0.350. The average molecular weight is 257 g/mol. The highest BCUT2D eigenvalue weighted by atomic mass is 32.3. The molecule has 1 heterocycles. The van der Waals surface area contributed by atoms with Gasteiger partial charge in [0.25, 0.3) is 0 Å². The average Bonchev–Trinajstić information content (AvgIpc) is 2.63. The molecule has 7 nitrogen and oxygen atoms in total. The van der Waals surface area contributed by atoms with E-state index in [9.17, 15) is 8.42 Å². The van der Waals surface area contributed by atoms with Crippen molar-refractivity contribution in [2.45, 2.75) is 6.10 Å². The largest absolute Gasteiger partial charge is 0.465 e. The van der Waals surface area contributed by atoms with Crippen LogP contribution in [0, 0.1) is 0 Å². The molecule has 15 heavy (non-hydrogen) atoms. The summed E-state index contributed by atoms with van der Waals surface area (Å²) in [6, 6.07) is 0. The fourth-order valence-corrected chi connectivity index (χ4v) is 1.88. The van der Waals surface area contributed by atoms with Gasteiger partial charge < -0.3 is 9.84 Å². The zero-order chi connectivity index (χ0) is 11.3. The number of hydrogen-bond acceptors (Lipinski definition) is 7. The van der Waals surface area contributed by atoms with Crippen LogP contribution in [0.1, 0.15) is 0 Å². The lowest BCUT2D eigenvalue weighted by Gasteiger charge is -2.14. The molecule has 0 bridgehead atoms. The summed E-state index contributed by atoms with van der Waals surface area (Å²) in [4.78, 5) is 3.95. The summed E-state index contributed by atoms with van der Waals surface area (Å²) in [5.74, 6) is 0.798. The second kappa shape index (κ2) is 5.66. The monoisotopic (exact) mass is 257 g/mol. The lowest BCUT2D eigenvalue weighted by molar-refractivity contribution is 0.0645. The number of aliphatic hydroxyl groups is 1. The highest BCUT2D eigenvalue weighted by Crippen LogP contribution is 2.14. The van der Waals surface area contributed by atoms with E-state index in [0.29, 0.717) is 11.8 Å². The maximum absolute atomic E-state index is 10.2. The summed E-state index contributed by atoms with van der Waals surface area (Å²) >= 11 is 1.37. The molecule has 0 fully saturated rings. The van der Waals surface area contributed by atoms with E-state index in [1.165, 1.54) is 11.8 Å². The van der Waals surface area contributed by atoms with E-state index in [1.807, 2.05) is 0 Å². The summed E-state index contributed by atoms with van der Waals surface area (Å²) in [5, 5.41) is 9.23. The lowest BCUT2D eigenvalue weighted by Crippen LogP contribution is -2.27. The van der Waals surface area contributed by atoms with Crippen LogP contribution in [0.3, 0.4) is 0 Å². The van der Waals surface area contributed by atoms with Gasteiger partial charge in [-0.3, -0.25) is 4.55 Å². The molecule has 1 rings (SSSR count). The number of nitrogens with zero attached hydrogens (tertiary/aromatic N) is 1. The minimum atomic E-state index is -4.50. The topological polar surface area (TPSA) is 105 Å². The van der Waals surface area contributed by atoms with E-state index in [-0.39, 0.29) is 0 Å². The number of hydrogen-bond donors (Lipinski definition) is 2. The van der Waals surface area contributed by atoms with Crippen molar-refractivity contribution < 1.29 is 27.0 Å².